The van der Waals surface area contributed by atoms with Crippen molar-refractivity contribution in [1.29, 1.82) is 0 Å². The van der Waals surface area contributed by atoms with Gasteiger partial charge in [0.25, 0.3) is 0 Å². The molecule has 2 heteroatoms. The van der Waals surface area contributed by atoms with Crippen molar-refractivity contribution in [3.63, 3.8) is 0 Å². The van der Waals surface area contributed by atoms with Gasteiger partial charge in [-0.2, -0.15) is 0 Å². The Kier molecular flexibility index (Phi) is 5.92. The number of carbonyl (C=O) groups excluding carboxylic acids is 1. The van der Waals surface area contributed by atoms with E-state index in [9.17, 15) is 4.79 Å². The van der Waals surface area contributed by atoms with Crippen LogP contribution in [-0.2, 0) is 0 Å². The van der Waals surface area contributed by atoms with Crippen molar-refractivity contribution in [2.75, 3.05) is 6.54 Å². The van der Waals surface area contributed by atoms with Crippen LogP contribution in [0.25, 0.3) is 0 Å². The fourth-order valence-electron chi connectivity index (χ4n) is 1.90. The van der Waals surface area contributed by atoms with Gasteiger partial charge in [-0.05, 0) is 19.9 Å². The lowest BCUT2D eigenvalue weighted by Gasteiger charge is -2.16. The minimum atomic E-state index is -0.0253. The van der Waals surface area contributed by atoms with E-state index in [2.05, 4.69) is 12.2 Å². The Morgan fingerprint density at radius 3 is 2.41 bits per heavy atom. The standard InChI is InChI=1S/C15H23NO/c1-4-6-7-14(16-5-2)15(17)13-10-8-12(3)9-11-13/h8-11,14,16H,4-7H2,1-3H3. The third kappa shape index (κ3) is 4.31. The molecule has 1 aromatic rings. The number of Topliss-reactive ketones (excluding diaryl/α,β-unsaturated/α-hetero) is 1. The molecule has 0 amide bonds. The molecule has 0 radical (unpaired) electrons. The second-order valence-electron chi connectivity index (χ2n) is 4.48. The first-order valence-corrected chi connectivity index (χ1v) is 6.53. The van der Waals surface area contributed by atoms with Gasteiger partial charge in [-0.1, -0.05) is 56.5 Å². The van der Waals surface area contributed by atoms with E-state index in [1.54, 1.807) is 0 Å². The molecule has 0 saturated heterocycles. The fraction of sp³-hybridized carbons (Fsp3) is 0.533. The monoisotopic (exact) mass is 233 g/mol. The first kappa shape index (κ1) is 13.9. The lowest BCUT2D eigenvalue weighted by atomic mass is 9.99. The van der Waals surface area contributed by atoms with Crippen LogP contribution in [0.4, 0.5) is 0 Å². The van der Waals surface area contributed by atoms with Gasteiger partial charge in [-0.3, -0.25) is 4.79 Å². The summed E-state index contributed by atoms with van der Waals surface area (Å²) in [7, 11) is 0. The zero-order chi connectivity index (χ0) is 12.7. The summed E-state index contributed by atoms with van der Waals surface area (Å²) in [6.45, 7) is 7.07. The van der Waals surface area contributed by atoms with Gasteiger partial charge < -0.3 is 5.32 Å². The third-order valence-electron chi connectivity index (χ3n) is 2.95. The molecule has 0 heterocycles. The second kappa shape index (κ2) is 7.23. The average molecular weight is 233 g/mol. The smallest absolute Gasteiger partial charge is 0.179 e. The Morgan fingerprint density at radius 2 is 1.88 bits per heavy atom. The molecular weight excluding hydrogens is 210 g/mol. The number of hydrogen-bond donors (Lipinski definition) is 1. The van der Waals surface area contributed by atoms with Gasteiger partial charge in [0, 0.05) is 5.56 Å². The van der Waals surface area contributed by atoms with Crippen molar-refractivity contribution < 1.29 is 4.79 Å². The minimum absolute atomic E-state index is 0.0253. The van der Waals surface area contributed by atoms with E-state index in [-0.39, 0.29) is 11.8 Å². The van der Waals surface area contributed by atoms with Crippen LogP contribution in [-0.4, -0.2) is 18.4 Å². The summed E-state index contributed by atoms with van der Waals surface area (Å²) in [4.78, 5) is 12.3. The number of hydrogen-bond acceptors (Lipinski definition) is 2. The Balaban J connectivity index is 2.72. The summed E-state index contributed by atoms with van der Waals surface area (Å²) < 4.78 is 0. The average Bonchev–Trinajstić information content (AvgIpc) is 2.34. The highest BCUT2D eigenvalue weighted by molar-refractivity contribution is 6.00. The minimum Gasteiger partial charge on any atom is -0.307 e. The van der Waals surface area contributed by atoms with Crippen molar-refractivity contribution in [1.82, 2.24) is 5.32 Å². The molecule has 0 aliphatic rings. The molecule has 0 saturated carbocycles. The van der Waals surface area contributed by atoms with E-state index in [1.165, 1.54) is 5.56 Å². The van der Waals surface area contributed by atoms with Gasteiger partial charge in [-0.25, -0.2) is 0 Å². The highest BCUT2D eigenvalue weighted by Gasteiger charge is 2.17. The Morgan fingerprint density at radius 1 is 1.24 bits per heavy atom. The molecule has 0 aliphatic carbocycles. The molecule has 1 aromatic carbocycles. The molecule has 1 unspecified atom stereocenters. The third-order valence-corrected chi connectivity index (χ3v) is 2.95. The molecule has 1 atom stereocenters. The normalized spacial score (nSPS) is 12.4. The predicted octanol–water partition coefficient (Wildman–Crippen LogP) is 3.35. The molecule has 2 nitrogen and oxygen atoms in total. The molecule has 1 rings (SSSR count). The molecule has 0 aromatic heterocycles. The van der Waals surface area contributed by atoms with Crippen LogP contribution in [0.15, 0.2) is 24.3 Å². The largest absolute Gasteiger partial charge is 0.307 e. The van der Waals surface area contributed by atoms with Crippen molar-refractivity contribution >= 4 is 5.78 Å². The Bertz CT molecular complexity index is 342. The summed E-state index contributed by atoms with van der Waals surface area (Å²) in [5, 5.41) is 3.28. The zero-order valence-electron chi connectivity index (χ0n) is 11.1. The van der Waals surface area contributed by atoms with Crippen LogP contribution in [0.1, 0.15) is 49.0 Å². The maximum atomic E-state index is 12.3. The number of unbranched alkanes of at least 4 members (excludes halogenated alkanes) is 1. The predicted molar refractivity (Wildman–Crippen MR) is 72.5 cm³/mol. The molecular formula is C15H23NO. The first-order chi connectivity index (χ1) is 8.19. The highest BCUT2D eigenvalue weighted by Crippen LogP contribution is 2.10. The van der Waals surface area contributed by atoms with Gasteiger partial charge >= 0.3 is 0 Å². The summed E-state index contributed by atoms with van der Waals surface area (Å²) in [5.74, 6) is 0.223. The SMILES string of the molecule is CCCCC(NCC)C(=O)c1ccc(C)cc1. The Hall–Kier alpha value is -1.15. The Labute approximate surface area is 104 Å². The number of aryl methyl sites for hydroxylation is 1. The highest BCUT2D eigenvalue weighted by atomic mass is 16.1. The van der Waals surface area contributed by atoms with Gasteiger partial charge in [-0.15, -0.1) is 0 Å². The van der Waals surface area contributed by atoms with Crippen LogP contribution in [0, 0.1) is 6.92 Å². The van der Waals surface area contributed by atoms with E-state index < -0.39 is 0 Å². The summed E-state index contributed by atoms with van der Waals surface area (Å²) in [6.07, 6.45) is 3.15. The first-order valence-electron chi connectivity index (χ1n) is 6.53. The van der Waals surface area contributed by atoms with E-state index in [0.717, 1.165) is 31.4 Å². The molecule has 17 heavy (non-hydrogen) atoms. The molecule has 0 aliphatic heterocycles. The molecule has 0 bridgehead atoms. The molecule has 0 fully saturated rings. The second-order valence-corrected chi connectivity index (χ2v) is 4.48. The topological polar surface area (TPSA) is 29.1 Å². The van der Waals surface area contributed by atoms with Crippen LogP contribution < -0.4 is 5.32 Å². The van der Waals surface area contributed by atoms with E-state index in [0.29, 0.717) is 0 Å². The van der Waals surface area contributed by atoms with Crippen LogP contribution in [0.3, 0.4) is 0 Å². The van der Waals surface area contributed by atoms with E-state index in [1.807, 2.05) is 38.1 Å². The van der Waals surface area contributed by atoms with E-state index in [4.69, 9.17) is 0 Å². The fourth-order valence-corrected chi connectivity index (χ4v) is 1.90. The molecule has 0 spiro atoms. The summed E-state index contributed by atoms with van der Waals surface area (Å²) in [5.41, 5.74) is 2.01. The number of carbonyl (C=O) groups is 1. The van der Waals surface area contributed by atoms with Gasteiger partial charge in [0.1, 0.15) is 0 Å². The van der Waals surface area contributed by atoms with Crippen LogP contribution in [0.5, 0.6) is 0 Å². The number of likely N-dealkylation sites (N-methyl/N-ethyl adjacent to an activating group) is 1. The number of ketones is 1. The van der Waals surface area contributed by atoms with E-state index >= 15 is 0 Å². The lowest BCUT2D eigenvalue weighted by molar-refractivity contribution is 0.0937. The maximum Gasteiger partial charge on any atom is 0.179 e. The van der Waals surface area contributed by atoms with Gasteiger partial charge in [0.05, 0.1) is 6.04 Å². The van der Waals surface area contributed by atoms with Crippen LogP contribution >= 0.6 is 0 Å². The lowest BCUT2D eigenvalue weighted by Crippen LogP contribution is -2.36. The van der Waals surface area contributed by atoms with Crippen LogP contribution in [0.2, 0.25) is 0 Å². The number of rotatable bonds is 7. The maximum absolute atomic E-state index is 12.3. The quantitative estimate of drug-likeness (QED) is 0.732. The van der Waals surface area contributed by atoms with Crippen molar-refractivity contribution in [3.8, 4) is 0 Å². The van der Waals surface area contributed by atoms with Crippen molar-refractivity contribution in [2.24, 2.45) is 0 Å². The zero-order valence-corrected chi connectivity index (χ0v) is 11.1. The number of nitrogens with one attached hydrogen (secondary N) is 1. The van der Waals surface area contributed by atoms with Gasteiger partial charge in [0.2, 0.25) is 0 Å². The van der Waals surface area contributed by atoms with Crippen molar-refractivity contribution in [2.45, 2.75) is 46.1 Å². The summed E-state index contributed by atoms with van der Waals surface area (Å²) in [6, 6.07) is 7.82. The molecule has 94 valence electrons. The van der Waals surface area contributed by atoms with Gasteiger partial charge in [0.15, 0.2) is 5.78 Å². The van der Waals surface area contributed by atoms with Crippen molar-refractivity contribution in [3.05, 3.63) is 35.4 Å². The number of benzene rings is 1. The summed E-state index contributed by atoms with van der Waals surface area (Å²) >= 11 is 0. The molecule has 1 N–H and O–H groups in total.